The second-order valence-electron chi connectivity index (χ2n) is 6.13. The molecule has 0 aliphatic rings. The SMILES string of the molecule is CCC(C)(C)C(=O)OCC=C(C)c1c(OC)cc(OC)cc1OC. The van der Waals surface area contributed by atoms with Gasteiger partial charge in [0.15, 0.2) is 0 Å². The third-order valence-electron chi connectivity index (χ3n) is 4.15. The molecule has 134 valence electrons. The van der Waals surface area contributed by atoms with E-state index in [4.69, 9.17) is 18.9 Å². The molecule has 0 aliphatic carbocycles. The van der Waals surface area contributed by atoms with E-state index in [1.54, 1.807) is 33.5 Å². The van der Waals surface area contributed by atoms with Crippen LogP contribution in [-0.4, -0.2) is 33.9 Å². The molecule has 0 N–H and O–H groups in total. The predicted molar refractivity (Wildman–Crippen MR) is 94.8 cm³/mol. The summed E-state index contributed by atoms with van der Waals surface area (Å²) in [7, 11) is 4.77. The highest BCUT2D eigenvalue weighted by atomic mass is 16.5. The van der Waals surface area contributed by atoms with Crippen LogP contribution in [0.4, 0.5) is 0 Å². The summed E-state index contributed by atoms with van der Waals surface area (Å²) in [5.41, 5.74) is 1.23. The second-order valence-corrected chi connectivity index (χ2v) is 6.13. The molecule has 0 atom stereocenters. The Morgan fingerprint density at radius 1 is 1.08 bits per heavy atom. The van der Waals surface area contributed by atoms with Crippen LogP contribution in [0, 0.1) is 5.41 Å². The minimum atomic E-state index is -0.475. The van der Waals surface area contributed by atoms with Gasteiger partial charge < -0.3 is 18.9 Å². The second kappa shape index (κ2) is 8.62. The van der Waals surface area contributed by atoms with Gasteiger partial charge in [0.25, 0.3) is 0 Å². The predicted octanol–water partition coefficient (Wildman–Crippen LogP) is 4.10. The summed E-state index contributed by atoms with van der Waals surface area (Å²) in [5.74, 6) is 1.72. The highest BCUT2D eigenvalue weighted by molar-refractivity contribution is 5.77. The first-order valence-electron chi connectivity index (χ1n) is 7.95. The fraction of sp³-hybridized carbons (Fsp3) is 0.526. The average Bonchev–Trinajstić information content (AvgIpc) is 2.59. The molecule has 0 radical (unpaired) electrons. The first-order chi connectivity index (χ1) is 11.3. The topological polar surface area (TPSA) is 54.0 Å². The number of ether oxygens (including phenoxy) is 4. The van der Waals surface area contributed by atoms with Crippen molar-refractivity contribution in [3.05, 3.63) is 23.8 Å². The molecule has 24 heavy (non-hydrogen) atoms. The molecule has 0 unspecified atom stereocenters. The van der Waals surface area contributed by atoms with Crippen LogP contribution in [0.3, 0.4) is 0 Å². The molecular formula is C19H28O5. The van der Waals surface area contributed by atoms with Crippen molar-refractivity contribution in [2.24, 2.45) is 5.41 Å². The molecule has 0 aliphatic heterocycles. The van der Waals surface area contributed by atoms with E-state index in [1.165, 1.54) is 0 Å². The van der Waals surface area contributed by atoms with Gasteiger partial charge >= 0.3 is 5.97 Å². The lowest BCUT2D eigenvalue weighted by Crippen LogP contribution is -2.25. The molecule has 1 rings (SSSR count). The van der Waals surface area contributed by atoms with Gasteiger partial charge in [-0.05, 0) is 38.8 Å². The lowest BCUT2D eigenvalue weighted by molar-refractivity contribution is -0.152. The van der Waals surface area contributed by atoms with Gasteiger partial charge in [0.05, 0.1) is 32.3 Å². The Hall–Kier alpha value is -2.17. The van der Waals surface area contributed by atoms with Gasteiger partial charge in [-0.25, -0.2) is 0 Å². The number of allylic oxidation sites excluding steroid dienone is 1. The summed E-state index contributed by atoms with van der Waals surface area (Å²) in [4.78, 5) is 12.0. The normalized spacial score (nSPS) is 11.9. The highest BCUT2D eigenvalue weighted by Gasteiger charge is 2.26. The zero-order chi connectivity index (χ0) is 18.3. The molecule has 5 nitrogen and oxygen atoms in total. The number of hydrogen-bond donors (Lipinski definition) is 0. The minimum absolute atomic E-state index is 0.201. The average molecular weight is 336 g/mol. The van der Waals surface area contributed by atoms with Crippen LogP contribution in [0.2, 0.25) is 0 Å². The van der Waals surface area contributed by atoms with Gasteiger partial charge in [-0.3, -0.25) is 4.79 Å². The minimum Gasteiger partial charge on any atom is -0.496 e. The Morgan fingerprint density at radius 2 is 1.62 bits per heavy atom. The summed E-state index contributed by atoms with van der Waals surface area (Å²) >= 11 is 0. The van der Waals surface area contributed by atoms with Crippen molar-refractivity contribution >= 4 is 11.5 Å². The molecule has 0 aromatic heterocycles. The zero-order valence-corrected chi connectivity index (χ0v) is 15.7. The quantitative estimate of drug-likeness (QED) is 0.669. The summed E-state index contributed by atoms with van der Waals surface area (Å²) in [6, 6.07) is 3.59. The Labute approximate surface area is 144 Å². The van der Waals surface area contributed by atoms with E-state index in [9.17, 15) is 4.79 Å². The number of carbonyl (C=O) groups excluding carboxylic acids is 1. The van der Waals surface area contributed by atoms with Crippen LogP contribution in [0.1, 0.15) is 39.7 Å². The molecule has 0 heterocycles. The molecule has 5 heteroatoms. The number of esters is 1. The third-order valence-corrected chi connectivity index (χ3v) is 4.15. The van der Waals surface area contributed by atoms with Crippen LogP contribution < -0.4 is 14.2 Å². The van der Waals surface area contributed by atoms with Crippen molar-refractivity contribution in [1.29, 1.82) is 0 Å². The first kappa shape index (κ1) is 19.9. The van der Waals surface area contributed by atoms with E-state index in [2.05, 4.69) is 0 Å². The molecule has 0 saturated carbocycles. The lowest BCUT2D eigenvalue weighted by Gasteiger charge is -2.20. The van der Waals surface area contributed by atoms with Gasteiger partial charge in [-0.15, -0.1) is 0 Å². The van der Waals surface area contributed by atoms with E-state index in [1.807, 2.05) is 33.8 Å². The zero-order valence-electron chi connectivity index (χ0n) is 15.7. The Bertz CT molecular complexity index is 577. The van der Waals surface area contributed by atoms with Crippen LogP contribution in [0.5, 0.6) is 17.2 Å². The molecule has 0 fully saturated rings. The third kappa shape index (κ3) is 4.66. The Morgan fingerprint density at radius 3 is 2.04 bits per heavy atom. The molecule has 0 spiro atoms. The number of hydrogen-bond acceptors (Lipinski definition) is 5. The maximum atomic E-state index is 12.0. The van der Waals surface area contributed by atoms with Gasteiger partial charge in [-0.1, -0.05) is 6.92 Å². The van der Waals surface area contributed by atoms with Crippen molar-refractivity contribution < 1.29 is 23.7 Å². The monoisotopic (exact) mass is 336 g/mol. The highest BCUT2D eigenvalue weighted by Crippen LogP contribution is 2.38. The smallest absolute Gasteiger partial charge is 0.311 e. The van der Waals surface area contributed by atoms with Crippen molar-refractivity contribution in [3.8, 4) is 17.2 Å². The van der Waals surface area contributed by atoms with Crippen molar-refractivity contribution in [2.75, 3.05) is 27.9 Å². The van der Waals surface area contributed by atoms with Crippen molar-refractivity contribution in [1.82, 2.24) is 0 Å². The fourth-order valence-corrected chi connectivity index (χ4v) is 2.08. The fourth-order valence-electron chi connectivity index (χ4n) is 2.08. The van der Waals surface area contributed by atoms with Gasteiger partial charge in [0.2, 0.25) is 0 Å². The van der Waals surface area contributed by atoms with Crippen LogP contribution >= 0.6 is 0 Å². The maximum absolute atomic E-state index is 12.0. The summed E-state index contributed by atoms with van der Waals surface area (Å²) in [6.45, 7) is 7.84. The van der Waals surface area contributed by atoms with E-state index in [0.29, 0.717) is 17.2 Å². The standard InChI is InChI=1S/C19H28O5/c1-8-19(3,4)18(20)24-10-9-13(2)17-15(22-6)11-14(21-5)12-16(17)23-7/h9,11-12H,8,10H2,1-7H3. The number of methoxy groups -OCH3 is 3. The van der Waals surface area contributed by atoms with E-state index >= 15 is 0 Å². The Kier molecular flexibility index (Phi) is 7.14. The molecule has 1 aromatic rings. The van der Waals surface area contributed by atoms with E-state index < -0.39 is 5.41 Å². The van der Waals surface area contributed by atoms with Gasteiger partial charge in [0.1, 0.15) is 23.9 Å². The molecule has 0 saturated heterocycles. The molecule has 0 amide bonds. The molecular weight excluding hydrogens is 308 g/mol. The number of rotatable bonds is 8. The van der Waals surface area contributed by atoms with Crippen molar-refractivity contribution in [2.45, 2.75) is 34.1 Å². The summed E-state index contributed by atoms with van der Waals surface area (Å²) in [5, 5.41) is 0. The van der Waals surface area contributed by atoms with Crippen LogP contribution in [-0.2, 0) is 9.53 Å². The maximum Gasteiger partial charge on any atom is 0.311 e. The summed E-state index contributed by atoms with van der Waals surface area (Å²) in [6.07, 6.45) is 2.57. The Balaban J connectivity index is 3.02. The molecule has 1 aromatic carbocycles. The van der Waals surface area contributed by atoms with Gasteiger partial charge in [0, 0.05) is 12.1 Å². The first-order valence-corrected chi connectivity index (χ1v) is 7.95. The van der Waals surface area contributed by atoms with Crippen molar-refractivity contribution in [3.63, 3.8) is 0 Å². The van der Waals surface area contributed by atoms with Gasteiger partial charge in [-0.2, -0.15) is 0 Å². The van der Waals surface area contributed by atoms with Crippen LogP contribution in [0.15, 0.2) is 18.2 Å². The number of benzene rings is 1. The number of carbonyl (C=O) groups is 1. The lowest BCUT2D eigenvalue weighted by atomic mass is 9.91. The largest absolute Gasteiger partial charge is 0.496 e. The van der Waals surface area contributed by atoms with Crippen LogP contribution in [0.25, 0.3) is 5.57 Å². The van der Waals surface area contributed by atoms with E-state index in [0.717, 1.165) is 17.6 Å². The summed E-state index contributed by atoms with van der Waals surface area (Å²) < 4.78 is 21.5. The molecule has 0 bridgehead atoms. The van der Waals surface area contributed by atoms with E-state index in [-0.39, 0.29) is 12.6 Å².